The van der Waals surface area contributed by atoms with Gasteiger partial charge in [-0.25, -0.2) is 0 Å². The molecule has 1 heteroatoms. The SMILES string of the molecule is CC.CC.CCC1NCCCCC1c1ccccc1. The van der Waals surface area contributed by atoms with Crippen molar-refractivity contribution in [1.82, 2.24) is 5.32 Å². The van der Waals surface area contributed by atoms with E-state index in [2.05, 4.69) is 42.6 Å². The van der Waals surface area contributed by atoms with E-state index < -0.39 is 0 Å². The van der Waals surface area contributed by atoms with E-state index in [-0.39, 0.29) is 0 Å². The highest BCUT2D eigenvalue weighted by atomic mass is 14.9. The Balaban J connectivity index is 0.000000741. The molecular formula is C18H33N. The van der Waals surface area contributed by atoms with Crippen molar-refractivity contribution >= 4 is 0 Å². The Morgan fingerprint density at radius 3 is 2.21 bits per heavy atom. The highest BCUT2D eigenvalue weighted by Gasteiger charge is 2.22. The van der Waals surface area contributed by atoms with Gasteiger partial charge in [-0.15, -0.1) is 0 Å². The first-order valence-electron chi connectivity index (χ1n) is 8.20. The Labute approximate surface area is 120 Å². The molecule has 110 valence electrons. The fraction of sp³-hybridized carbons (Fsp3) is 0.667. The standard InChI is InChI=1S/C14H21N.2C2H6/c1-2-14-13(10-6-7-11-15-14)12-8-4-3-5-9-12;2*1-2/h3-5,8-9,13-15H,2,6-7,10-11H2,1H3;2*1-2H3. The average molecular weight is 263 g/mol. The highest BCUT2D eigenvalue weighted by Crippen LogP contribution is 2.29. The van der Waals surface area contributed by atoms with Crippen LogP contribution in [0.4, 0.5) is 0 Å². The lowest BCUT2D eigenvalue weighted by atomic mass is 9.87. The number of nitrogens with one attached hydrogen (secondary N) is 1. The molecule has 2 unspecified atom stereocenters. The summed E-state index contributed by atoms with van der Waals surface area (Å²) in [5.41, 5.74) is 1.51. The molecular weight excluding hydrogens is 230 g/mol. The van der Waals surface area contributed by atoms with Crippen molar-refractivity contribution in [3.8, 4) is 0 Å². The molecule has 0 aromatic heterocycles. The lowest BCUT2D eigenvalue weighted by molar-refractivity contribution is 0.438. The molecule has 1 heterocycles. The first-order chi connectivity index (χ1) is 9.42. The largest absolute Gasteiger partial charge is 0.313 e. The normalized spacial score (nSPS) is 22.2. The molecule has 1 aliphatic rings. The van der Waals surface area contributed by atoms with Crippen LogP contribution in [0.5, 0.6) is 0 Å². The fourth-order valence-electron chi connectivity index (χ4n) is 2.65. The van der Waals surface area contributed by atoms with E-state index >= 15 is 0 Å². The van der Waals surface area contributed by atoms with E-state index in [0.717, 1.165) is 5.92 Å². The van der Waals surface area contributed by atoms with Gasteiger partial charge in [0.1, 0.15) is 0 Å². The van der Waals surface area contributed by atoms with Crippen molar-refractivity contribution in [3.63, 3.8) is 0 Å². The quantitative estimate of drug-likeness (QED) is 0.756. The van der Waals surface area contributed by atoms with Crippen LogP contribution in [0.25, 0.3) is 0 Å². The second-order valence-electron chi connectivity index (χ2n) is 4.48. The third-order valence-corrected chi connectivity index (χ3v) is 3.50. The molecule has 2 atom stereocenters. The van der Waals surface area contributed by atoms with Gasteiger partial charge < -0.3 is 5.32 Å². The van der Waals surface area contributed by atoms with Crippen LogP contribution in [0.2, 0.25) is 0 Å². The smallest absolute Gasteiger partial charge is 0.0133 e. The maximum atomic E-state index is 3.68. The molecule has 1 aliphatic heterocycles. The summed E-state index contributed by atoms with van der Waals surface area (Å²) in [6.45, 7) is 11.5. The monoisotopic (exact) mass is 263 g/mol. The Bertz CT molecular complexity index is 281. The zero-order valence-electron chi connectivity index (χ0n) is 13.6. The van der Waals surface area contributed by atoms with Crippen LogP contribution in [0.15, 0.2) is 30.3 Å². The van der Waals surface area contributed by atoms with Crippen molar-refractivity contribution in [3.05, 3.63) is 35.9 Å². The van der Waals surface area contributed by atoms with Crippen LogP contribution < -0.4 is 5.32 Å². The maximum absolute atomic E-state index is 3.68. The van der Waals surface area contributed by atoms with Crippen molar-refractivity contribution < 1.29 is 0 Å². The Morgan fingerprint density at radius 1 is 1.00 bits per heavy atom. The van der Waals surface area contributed by atoms with E-state index in [1.165, 1.54) is 37.8 Å². The molecule has 2 rings (SSSR count). The molecule has 1 aromatic rings. The first kappa shape index (κ1) is 18.2. The molecule has 19 heavy (non-hydrogen) atoms. The predicted octanol–water partition coefficient (Wildman–Crippen LogP) is 5.37. The summed E-state index contributed by atoms with van der Waals surface area (Å²) < 4.78 is 0. The minimum atomic E-state index is 0.676. The van der Waals surface area contributed by atoms with Crippen molar-refractivity contribution in [1.29, 1.82) is 0 Å². The lowest BCUT2D eigenvalue weighted by Crippen LogP contribution is -2.32. The molecule has 1 saturated heterocycles. The predicted molar refractivity (Wildman–Crippen MR) is 87.8 cm³/mol. The maximum Gasteiger partial charge on any atom is 0.0133 e. The van der Waals surface area contributed by atoms with Crippen LogP contribution in [0.3, 0.4) is 0 Å². The van der Waals surface area contributed by atoms with Gasteiger partial charge >= 0.3 is 0 Å². The third-order valence-electron chi connectivity index (χ3n) is 3.50. The Kier molecular flexibility index (Phi) is 11.7. The molecule has 0 spiro atoms. The van der Waals surface area contributed by atoms with Crippen molar-refractivity contribution in [2.24, 2.45) is 0 Å². The van der Waals surface area contributed by atoms with Gasteiger partial charge in [0, 0.05) is 6.04 Å². The number of hydrogen-bond acceptors (Lipinski definition) is 1. The third kappa shape index (κ3) is 6.24. The fourth-order valence-corrected chi connectivity index (χ4v) is 2.65. The van der Waals surface area contributed by atoms with E-state index in [0.29, 0.717) is 6.04 Å². The molecule has 1 fully saturated rings. The number of hydrogen-bond donors (Lipinski definition) is 1. The van der Waals surface area contributed by atoms with E-state index in [1.54, 1.807) is 0 Å². The number of benzene rings is 1. The summed E-state index contributed by atoms with van der Waals surface area (Å²) in [7, 11) is 0. The average Bonchev–Trinajstić information content (AvgIpc) is 2.77. The van der Waals surface area contributed by atoms with Gasteiger partial charge in [0.2, 0.25) is 0 Å². The molecule has 1 N–H and O–H groups in total. The van der Waals surface area contributed by atoms with Crippen molar-refractivity contribution in [2.75, 3.05) is 6.54 Å². The van der Waals surface area contributed by atoms with Crippen LogP contribution in [0, 0.1) is 0 Å². The minimum absolute atomic E-state index is 0.676. The molecule has 0 amide bonds. The second-order valence-corrected chi connectivity index (χ2v) is 4.48. The molecule has 1 nitrogen and oxygen atoms in total. The molecule has 1 aromatic carbocycles. The zero-order valence-corrected chi connectivity index (χ0v) is 13.6. The lowest BCUT2D eigenvalue weighted by Gasteiger charge is -2.25. The van der Waals surface area contributed by atoms with Gasteiger partial charge in [-0.2, -0.15) is 0 Å². The zero-order chi connectivity index (χ0) is 14.5. The summed E-state index contributed by atoms with van der Waals surface area (Å²) in [5, 5.41) is 3.68. The van der Waals surface area contributed by atoms with Crippen LogP contribution in [-0.4, -0.2) is 12.6 Å². The van der Waals surface area contributed by atoms with Gasteiger partial charge in [-0.1, -0.05) is 71.4 Å². The van der Waals surface area contributed by atoms with Gasteiger partial charge in [0.05, 0.1) is 0 Å². The second kappa shape index (κ2) is 12.2. The summed E-state index contributed by atoms with van der Waals surface area (Å²) >= 11 is 0. The summed E-state index contributed by atoms with van der Waals surface area (Å²) in [4.78, 5) is 0. The minimum Gasteiger partial charge on any atom is -0.313 e. The van der Waals surface area contributed by atoms with Crippen molar-refractivity contribution in [2.45, 2.75) is 72.3 Å². The number of rotatable bonds is 2. The van der Waals surface area contributed by atoms with E-state index in [9.17, 15) is 0 Å². The molecule has 0 saturated carbocycles. The summed E-state index contributed by atoms with van der Waals surface area (Å²) in [6.07, 6.45) is 5.28. The van der Waals surface area contributed by atoms with Gasteiger partial charge in [0.25, 0.3) is 0 Å². The summed E-state index contributed by atoms with van der Waals surface area (Å²) in [5.74, 6) is 0.721. The van der Waals surface area contributed by atoms with Gasteiger partial charge in [-0.05, 0) is 37.3 Å². The molecule has 0 aliphatic carbocycles. The van der Waals surface area contributed by atoms with Crippen LogP contribution >= 0.6 is 0 Å². The molecule has 0 bridgehead atoms. The van der Waals surface area contributed by atoms with Crippen LogP contribution in [-0.2, 0) is 0 Å². The van der Waals surface area contributed by atoms with E-state index in [4.69, 9.17) is 0 Å². The highest BCUT2D eigenvalue weighted by molar-refractivity contribution is 5.21. The topological polar surface area (TPSA) is 12.0 Å². The Hall–Kier alpha value is -0.820. The molecule has 0 radical (unpaired) electrons. The Morgan fingerprint density at radius 2 is 1.63 bits per heavy atom. The van der Waals surface area contributed by atoms with E-state index in [1.807, 2.05) is 27.7 Å². The first-order valence-corrected chi connectivity index (χ1v) is 8.20. The van der Waals surface area contributed by atoms with Gasteiger partial charge in [-0.3, -0.25) is 0 Å². The van der Waals surface area contributed by atoms with Crippen LogP contribution in [0.1, 0.15) is 71.8 Å². The summed E-state index contributed by atoms with van der Waals surface area (Å²) in [6, 6.07) is 11.7. The van der Waals surface area contributed by atoms with Gasteiger partial charge in [0.15, 0.2) is 0 Å².